The predicted octanol–water partition coefficient (Wildman–Crippen LogP) is 5.68. The fraction of sp³-hybridized carbons (Fsp3) is 0.267. The topological polar surface area (TPSA) is 98.7 Å². The predicted molar refractivity (Wildman–Crippen MR) is 148 cm³/mol. The minimum Gasteiger partial charge on any atom is -0.397 e. The molecule has 3 N–H and O–H groups in total. The molecular weight excluding hydrogens is 460 g/mol. The molecule has 0 bridgehead atoms. The number of pyridine rings is 2. The van der Waals surface area contributed by atoms with Crippen LogP contribution in [0.3, 0.4) is 0 Å². The van der Waals surface area contributed by atoms with E-state index in [0.717, 1.165) is 70.0 Å². The minimum atomic E-state index is 0.0688. The zero-order valence-corrected chi connectivity index (χ0v) is 21.1. The summed E-state index contributed by atoms with van der Waals surface area (Å²) in [6, 6.07) is 18.9. The van der Waals surface area contributed by atoms with E-state index in [9.17, 15) is 4.79 Å². The van der Waals surface area contributed by atoms with Gasteiger partial charge in [0.15, 0.2) is 0 Å². The van der Waals surface area contributed by atoms with Crippen molar-refractivity contribution in [2.75, 3.05) is 12.8 Å². The molecule has 0 saturated heterocycles. The van der Waals surface area contributed by atoms with Crippen molar-refractivity contribution in [1.29, 1.82) is 0 Å². The van der Waals surface area contributed by atoms with Crippen LogP contribution in [0, 0.1) is 12.8 Å². The van der Waals surface area contributed by atoms with Gasteiger partial charge >= 0.3 is 0 Å². The van der Waals surface area contributed by atoms with Gasteiger partial charge in [-0.1, -0.05) is 42.5 Å². The van der Waals surface area contributed by atoms with Crippen molar-refractivity contribution in [3.63, 3.8) is 0 Å². The second-order valence-corrected chi connectivity index (χ2v) is 9.96. The van der Waals surface area contributed by atoms with Gasteiger partial charge in [-0.25, -0.2) is 4.98 Å². The lowest BCUT2D eigenvalue weighted by Gasteiger charge is -2.28. The van der Waals surface area contributed by atoms with Crippen LogP contribution in [0.1, 0.15) is 37.3 Å². The number of rotatable bonds is 4. The first-order valence-corrected chi connectivity index (χ1v) is 12.8. The molecule has 37 heavy (non-hydrogen) atoms. The van der Waals surface area contributed by atoms with Crippen LogP contribution in [0.25, 0.3) is 44.3 Å². The second-order valence-electron chi connectivity index (χ2n) is 9.96. The van der Waals surface area contributed by atoms with Crippen molar-refractivity contribution in [3.8, 4) is 22.5 Å². The van der Waals surface area contributed by atoms with Crippen molar-refractivity contribution >= 4 is 33.4 Å². The number of carbonyl (C=O) groups excluding carboxylic acids is 1. The highest BCUT2D eigenvalue weighted by molar-refractivity contribution is 6.02. The number of aryl methyl sites for hydroxylation is 1. The summed E-state index contributed by atoms with van der Waals surface area (Å²) < 4.78 is 2.08. The van der Waals surface area contributed by atoms with Crippen molar-refractivity contribution in [3.05, 3.63) is 72.6 Å². The number of anilines is 1. The van der Waals surface area contributed by atoms with Gasteiger partial charge in [-0.3, -0.25) is 14.5 Å². The molecule has 3 heterocycles. The monoisotopic (exact) mass is 490 g/mol. The molecule has 186 valence electrons. The number of nitrogens with zero attached hydrogens (tertiary/aromatic N) is 4. The van der Waals surface area contributed by atoms with E-state index in [4.69, 9.17) is 15.8 Å². The molecule has 2 aromatic carbocycles. The standard InChI is InChI=1S/C30H30N6O/c1-18-14-25(19-6-4-3-5-7-19)34-26-15-21(10-13-23(18)26)29-28-24(31)16-33-17-27(28)36(35-29)22-11-8-20(9-12-22)30(37)32-2/h3-7,10,13-17,20,22H,8-9,11-12,31H2,1-2H3,(H,32,37). The molecule has 0 radical (unpaired) electrons. The smallest absolute Gasteiger partial charge is 0.222 e. The highest BCUT2D eigenvalue weighted by Gasteiger charge is 2.29. The van der Waals surface area contributed by atoms with Crippen molar-refractivity contribution < 1.29 is 4.79 Å². The highest BCUT2D eigenvalue weighted by atomic mass is 16.1. The normalized spacial score (nSPS) is 17.8. The van der Waals surface area contributed by atoms with Crippen LogP contribution >= 0.6 is 0 Å². The highest BCUT2D eigenvalue weighted by Crippen LogP contribution is 2.39. The van der Waals surface area contributed by atoms with E-state index in [1.54, 1.807) is 13.2 Å². The van der Waals surface area contributed by atoms with E-state index in [0.29, 0.717) is 5.69 Å². The van der Waals surface area contributed by atoms with Crippen LogP contribution in [0.15, 0.2) is 67.0 Å². The molecule has 1 amide bonds. The number of nitrogens with one attached hydrogen (secondary N) is 1. The van der Waals surface area contributed by atoms with Crippen LogP contribution in [0.2, 0.25) is 0 Å². The Morgan fingerprint density at radius 1 is 1.00 bits per heavy atom. The summed E-state index contributed by atoms with van der Waals surface area (Å²) in [4.78, 5) is 21.5. The molecule has 1 aliphatic carbocycles. The van der Waals surface area contributed by atoms with Gasteiger partial charge in [-0.05, 0) is 50.3 Å². The summed E-state index contributed by atoms with van der Waals surface area (Å²) in [5.74, 6) is 0.198. The van der Waals surface area contributed by atoms with Crippen LogP contribution in [-0.2, 0) is 4.79 Å². The Morgan fingerprint density at radius 2 is 1.78 bits per heavy atom. The first-order chi connectivity index (χ1) is 18.0. The van der Waals surface area contributed by atoms with Gasteiger partial charge < -0.3 is 11.1 Å². The van der Waals surface area contributed by atoms with Gasteiger partial charge in [0.05, 0.1) is 46.2 Å². The lowest BCUT2D eigenvalue weighted by molar-refractivity contribution is -0.125. The van der Waals surface area contributed by atoms with Crippen LogP contribution in [-0.4, -0.2) is 32.7 Å². The Balaban J connectivity index is 1.44. The van der Waals surface area contributed by atoms with Gasteiger partial charge in [0.25, 0.3) is 0 Å². The molecule has 0 aliphatic heterocycles. The summed E-state index contributed by atoms with van der Waals surface area (Å²) in [5, 5.41) is 9.94. The van der Waals surface area contributed by atoms with Crippen LogP contribution < -0.4 is 11.1 Å². The molecule has 3 aromatic heterocycles. The van der Waals surface area contributed by atoms with Crippen LogP contribution in [0.5, 0.6) is 0 Å². The summed E-state index contributed by atoms with van der Waals surface area (Å²) >= 11 is 0. The van der Waals surface area contributed by atoms with Gasteiger partial charge in [0, 0.05) is 29.5 Å². The molecule has 1 fully saturated rings. The molecule has 6 rings (SSSR count). The quantitative estimate of drug-likeness (QED) is 0.338. The number of fused-ring (bicyclic) bond motifs is 2. The van der Waals surface area contributed by atoms with E-state index in [1.165, 1.54) is 5.56 Å². The Kier molecular flexibility index (Phi) is 5.83. The first kappa shape index (κ1) is 23.2. The largest absolute Gasteiger partial charge is 0.397 e. The molecule has 7 heteroatoms. The number of nitrogens with two attached hydrogens (primary N) is 1. The molecule has 0 spiro atoms. The SMILES string of the molecule is CNC(=O)C1CCC(n2nc(-c3ccc4c(C)cc(-c5ccccc5)nc4c3)c3c(N)cncc32)CC1. The van der Waals surface area contributed by atoms with Crippen molar-refractivity contribution in [1.82, 2.24) is 25.1 Å². The summed E-state index contributed by atoms with van der Waals surface area (Å²) in [7, 11) is 1.71. The van der Waals surface area contributed by atoms with Gasteiger partial charge in [-0.15, -0.1) is 0 Å². The van der Waals surface area contributed by atoms with E-state index >= 15 is 0 Å². The number of aromatic nitrogens is 4. The molecule has 1 aliphatic rings. The van der Waals surface area contributed by atoms with E-state index in [1.807, 2.05) is 24.4 Å². The maximum atomic E-state index is 12.1. The number of benzene rings is 2. The Bertz CT molecular complexity index is 1620. The Morgan fingerprint density at radius 3 is 2.54 bits per heavy atom. The third-order valence-corrected chi connectivity index (χ3v) is 7.67. The number of hydrogen-bond donors (Lipinski definition) is 2. The number of hydrogen-bond acceptors (Lipinski definition) is 5. The van der Waals surface area contributed by atoms with E-state index < -0.39 is 0 Å². The zero-order chi connectivity index (χ0) is 25.5. The summed E-state index contributed by atoms with van der Waals surface area (Å²) in [6.07, 6.45) is 7.02. The van der Waals surface area contributed by atoms with E-state index in [2.05, 4.69) is 58.3 Å². The lowest BCUT2D eigenvalue weighted by atomic mass is 9.85. The third kappa shape index (κ3) is 4.10. The van der Waals surface area contributed by atoms with Gasteiger partial charge in [0.2, 0.25) is 5.91 Å². The van der Waals surface area contributed by atoms with Crippen molar-refractivity contribution in [2.45, 2.75) is 38.6 Å². The second kappa shape index (κ2) is 9.32. The lowest BCUT2D eigenvalue weighted by Crippen LogP contribution is -2.31. The number of nitrogen functional groups attached to an aromatic ring is 1. The fourth-order valence-electron chi connectivity index (χ4n) is 5.68. The Hall–Kier alpha value is -4.26. The minimum absolute atomic E-state index is 0.0688. The summed E-state index contributed by atoms with van der Waals surface area (Å²) in [6.45, 7) is 2.12. The molecular formula is C30H30N6O. The maximum Gasteiger partial charge on any atom is 0.222 e. The van der Waals surface area contributed by atoms with E-state index in [-0.39, 0.29) is 17.9 Å². The Labute approximate surface area is 215 Å². The maximum absolute atomic E-state index is 12.1. The molecule has 1 saturated carbocycles. The third-order valence-electron chi connectivity index (χ3n) is 7.67. The van der Waals surface area contributed by atoms with Crippen LogP contribution in [0.4, 0.5) is 5.69 Å². The van der Waals surface area contributed by atoms with Crippen molar-refractivity contribution in [2.24, 2.45) is 5.92 Å². The molecule has 5 aromatic rings. The first-order valence-electron chi connectivity index (χ1n) is 12.8. The molecule has 0 atom stereocenters. The fourth-order valence-corrected chi connectivity index (χ4v) is 5.68. The zero-order valence-electron chi connectivity index (χ0n) is 21.1. The average molecular weight is 491 g/mol. The molecule has 7 nitrogen and oxygen atoms in total. The summed E-state index contributed by atoms with van der Waals surface area (Å²) in [5.41, 5.74) is 14.0. The van der Waals surface area contributed by atoms with Gasteiger partial charge in [-0.2, -0.15) is 5.10 Å². The number of carbonyl (C=O) groups is 1. The number of amides is 1. The molecule has 0 unspecified atom stereocenters. The average Bonchev–Trinajstić information content (AvgIpc) is 3.34. The van der Waals surface area contributed by atoms with Gasteiger partial charge in [0.1, 0.15) is 5.69 Å².